The molecular formula is C23H28N4O5. The Labute approximate surface area is 187 Å². The Morgan fingerprint density at radius 1 is 1.19 bits per heavy atom. The zero-order valence-electron chi connectivity index (χ0n) is 18.2. The van der Waals surface area contributed by atoms with Crippen LogP contribution in [0.1, 0.15) is 23.2 Å². The van der Waals surface area contributed by atoms with Crippen LogP contribution >= 0.6 is 0 Å². The number of ether oxygens (including phenoxy) is 2. The Bertz CT molecular complexity index is 951. The highest BCUT2D eigenvalue weighted by Crippen LogP contribution is 2.31. The molecule has 2 aliphatic rings. The molecule has 1 amide bonds. The Morgan fingerprint density at radius 3 is 2.56 bits per heavy atom. The molecule has 0 spiro atoms. The largest absolute Gasteiger partial charge is 0.497 e. The third-order valence-corrected chi connectivity index (χ3v) is 5.99. The number of nitro groups is 1. The molecule has 2 aliphatic heterocycles. The van der Waals surface area contributed by atoms with Crippen LogP contribution in [0.15, 0.2) is 42.5 Å². The minimum absolute atomic E-state index is 0.00470. The molecule has 0 bridgehead atoms. The predicted molar refractivity (Wildman–Crippen MR) is 122 cm³/mol. The quantitative estimate of drug-likeness (QED) is 0.522. The molecule has 4 rings (SSSR count). The number of carbonyl (C=O) groups excluding carboxylic acids is 1. The first kappa shape index (κ1) is 21.9. The molecule has 2 fully saturated rings. The van der Waals surface area contributed by atoms with Crippen molar-refractivity contribution >= 4 is 23.0 Å². The number of anilines is 2. The van der Waals surface area contributed by atoms with E-state index in [0.717, 1.165) is 25.1 Å². The van der Waals surface area contributed by atoms with Gasteiger partial charge in [-0.15, -0.1) is 0 Å². The van der Waals surface area contributed by atoms with Crippen molar-refractivity contribution in [1.29, 1.82) is 0 Å². The molecule has 170 valence electrons. The first-order valence-corrected chi connectivity index (χ1v) is 10.9. The van der Waals surface area contributed by atoms with Gasteiger partial charge in [0.2, 0.25) is 0 Å². The lowest BCUT2D eigenvalue weighted by atomic mass is 10.1. The van der Waals surface area contributed by atoms with Gasteiger partial charge < -0.3 is 24.6 Å². The SMILES string of the molecule is COc1ccc(C(=O)N2CCN(c3ccc([N+](=O)[O-])c(NC[C@@H]4CCCO4)c3)CC2)cc1. The first-order valence-electron chi connectivity index (χ1n) is 10.9. The van der Waals surface area contributed by atoms with E-state index in [1.165, 1.54) is 0 Å². The summed E-state index contributed by atoms with van der Waals surface area (Å²) in [6.45, 7) is 3.78. The van der Waals surface area contributed by atoms with Gasteiger partial charge in [0.1, 0.15) is 11.4 Å². The molecule has 9 nitrogen and oxygen atoms in total. The van der Waals surface area contributed by atoms with Gasteiger partial charge in [0.15, 0.2) is 0 Å². The number of nitrogens with one attached hydrogen (secondary N) is 1. The van der Waals surface area contributed by atoms with Gasteiger partial charge in [0.25, 0.3) is 11.6 Å². The predicted octanol–water partition coefficient (Wildman–Crippen LogP) is 3.16. The minimum Gasteiger partial charge on any atom is -0.497 e. The highest BCUT2D eigenvalue weighted by Gasteiger charge is 2.24. The van der Waals surface area contributed by atoms with E-state index in [0.29, 0.717) is 49.7 Å². The molecular weight excluding hydrogens is 412 g/mol. The van der Waals surface area contributed by atoms with Gasteiger partial charge in [-0.25, -0.2) is 0 Å². The summed E-state index contributed by atoms with van der Waals surface area (Å²) in [6, 6.07) is 12.3. The zero-order chi connectivity index (χ0) is 22.5. The fourth-order valence-corrected chi connectivity index (χ4v) is 4.13. The van der Waals surface area contributed by atoms with Crippen LogP contribution in [0.2, 0.25) is 0 Å². The van der Waals surface area contributed by atoms with E-state index in [9.17, 15) is 14.9 Å². The van der Waals surface area contributed by atoms with Crippen LogP contribution in [-0.2, 0) is 4.74 Å². The van der Waals surface area contributed by atoms with Crippen LogP contribution in [0.4, 0.5) is 17.1 Å². The minimum atomic E-state index is -0.368. The summed E-state index contributed by atoms with van der Waals surface area (Å²) in [6.07, 6.45) is 2.07. The number of amides is 1. The molecule has 2 aromatic carbocycles. The van der Waals surface area contributed by atoms with Gasteiger partial charge in [-0.05, 0) is 49.2 Å². The van der Waals surface area contributed by atoms with Crippen LogP contribution in [0, 0.1) is 10.1 Å². The normalized spacial score (nSPS) is 18.5. The number of hydrogen-bond donors (Lipinski definition) is 1. The van der Waals surface area contributed by atoms with Crippen molar-refractivity contribution in [1.82, 2.24) is 4.90 Å². The number of nitro benzene ring substituents is 1. The van der Waals surface area contributed by atoms with E-state index in [-0.39, 0.29) is 22.6 Å². The van der Waals surface area contributed by atoms with Gasteiger partial charge in [-0.1, -0.05) is 0 Å². The van der Waals surface area contributed by atoms with Gasteiger partial charge >= 0.3 is 0 Å². The lowest BCUT2D eigenvalue weighted by Crippen LogP contribution is -2.48. The molecule has 2 heterocycles. The maximum Gasteiger partial charge on any atom is 0.292 e. The maximum atomic E-state index is 12.8. The second-order valence-corrected chi connectivity index (χ2v) is 7.98. The smallest absolute Gasteiger partial charge is 0.292 e. The monoisotopic (exact) mass is 440 g/mol. The Kier molecular flexibility index (Phi) is 6.75. The molecule has 32 heavy (non-hydrogen) atoms. The summed E-state index contributed by atoms with van der Waals surface area (Å²) in [5.74, 6) is 0.711. The number of carbonyl (C=O) groups is 1. The van der Waals surface area contributed by atoms with E-state index in [2.05, 4.69) is 10.2 Å². The van der Waals surface area contributed by atoms with Crippen molar-refractivity contribution in [2.75, 3.05) is 56.7 Å². The average molecular weight is 441 g/mol. The van der Waals surface area contributed by atoms with E-state index < -0.39 is 0 Å². The molecule has 1 atom stereocenters. The molecule has 9 heteroatoms. The molecule has 0 aliphatic carbocycles. The van der Waals surface area contributed by atoms with Crippen molar-refractivity contribution in [2.45, 2.75) is 18.9 Å². The zero-order valence-corrected chi connectivity index (χ0v) is 18.2. The fourth-order valence-electron chi connectivity index (χ4n) is 4.13. The number of nitrogens with zero attached hydrogens (tertiary/aromatic N) is 3. The summed E-state index contributed by atoms with van der Waals surface area (Å²) in [7, 11) is 1.59. The summed E-state index contributed by atoms with van der Waals surface area (Å²) >= 11 is 0. The lowest BCUT2D eigenvalue weighted by Gasteiger charge is -2.36. The second-order valence-electron chi connectivity index (χ2n) is 7.98. The maximum absolute atomic E-state index is 12.8. The lowest BCUT2D eigenvalue weighted by molar-refractivity contribution is -0.383. The first-order chi connectivity index (χ1) is 15.5. The highest BCUT2D eigenvalue weighted by atomic mass is 16.6. The summed E-state index contributed by atoms with van der Waals surface area (Å²) in [5, 5.41) is 14.7. The van der Waals surface area contributed by atoms with Crippen molar-refractivity contribution in [3.8, 4) is 5.75 Å². The number of hydrogen-bond acceptors (Lipinski definition) is 7. The van der Waals surface area contributed by atoms with Crippen LogP contribution in [0.3, 0.4) is 0 Å². The standard InChI is InChI=1S/C23H28N4O5/c1-31-19-7-4-17(5-8-19)23(28)26-12-10-25(11-13-26)18-6-9-22(27(29)30)21(15-18)24-16-20-3-2-14-32-20/h4-9,15,20,24H,2-3,10-14,16H2,1H3/t20-/m0/s1. The van der Waals surface area contributed by atoms with Gasteiger partial charge in [0.05, 0.1) is 18.1 Å². The number of rotatable bonds is 7. The van der Waals surface area contributed by atoms with Crippen LogP contribution in [-0.4, -0.2) is 68.3 Å². The number of benzene rings is 2. The van der Waals surface area contributed by atoms with Crippen LogP contribution < -0.4 is 15.0 Å². The van der Waals surface area contributed by atoms with Crippen molar-refractivity contribution in [2.24, 2.45) is 0 Å². The van der Waals surface area contributed by atoms with Gasteiger partial charge in [0, 0.05) is 56.6 Å². The summed E-state index contributed by atoms with van der Waals surface area (Å²) < 4.78 is 10.8. The van der Waals surface area contributed by atoms with Gasteiger partial charge in [-0.3, -0.25) is 14.9 Å². The topological polar surface area (TPSA) is 97.2 Å². The molecule has 2 saturated heterocycles. The summed E-state index contributed by atoms with van der Waals surface area (Å²) in [4.78, 5) is 27.9. The molecule has 0 radical (unpaired) electrons. The summed E-state index contributed by atoms with van der Waals surface area (Å²) in [5.41, 5.74) is 2.09. The number of methoxy groups -OCH3 is 1. The molecule has 0 aromatic heterocycles. The van der Waals surface area contributed by atoms with E-state index in [4.69, 9.17) is 9.47 Å². The molecule has 0 unspecified atom stereocenters. The average Bonchev–Trinajstić information content (AvgIpc) is 3.36. The van der Waals surface area contributed by atoms with Gasteiger partial charge in [-0.2, -0.15) is 0 Å². The second kappa shape index (κ2) is 9.86. The third kappa shape index (κ3) is 4.94. The Balaban J connectivity index is 1.40. The highest BCUT2D eigenvalue weighted by molar-refractivity contribution is 5.94. The fraction of sp³-hybridized carbons (Fsp3) is 0.435. The van der Waals surface area contributed by atoms with E-state index >= 15 is 0 Å². The van der Waals surface area contributed by atoms with E-state index in [1.807, 2.05) is 11.0 Å². The van der Waals surface area contributed by atoms with Crippen LogP contribution in [0.5, 0.6) is 5.75 Å². The van der Waals surface area contributed by atoms with Crippen molar-refractivity contribution in [3.63, 3.8) is 0 Å². The Morgan fingerprint density at radius 2 is 1.94 bits per heavy atom. The molecule has 1 N–H and O–H groups in total. The van der Waals surface area contributed by atoms with Crippen molar-refractivity contribution < 1.29 is 19.2 Å². The van der Waals surface area contributed by atoms with Crippen molar-refractivity contribution in [3.05, 3.63) is 58.1 Å². The molecule has 2 aromatic rings. The third-order valence-electron chi connectivity index (χ3n) is 5.99. The Hall–Kier alpha value is -3.33. The number of piperazine rings is 1. The van der Waals surface area contributed by atoms with E-state index in [1.54, 1.807) is 43.5 Å². The molecule has 0 saturated carbocycles. The van der Waals surface area contributed by atoms with Crippen LogP contribution in [0.25, 0.3) is 0 Å².